The Hall–Kier alpha value is -2.29. The van der Waals surface area contributed by atoms with Crippen LogP contribution in [-0.2, 0) is 4.79 Å². The summed E-state index contributed by atoms with van der Waals surface area (Å²) in [4.78, 5) is 11.0. The maximum Gasteiger partial charge on any atom is 0.221 e. The highest BCUT2D eigenvalue weighted by molar-refractivity contribution is 5.89. The fourth-order valence-electron chi connectivity index (χ4n) is 1.77. The highest BCUT2D eigenvalue weighted by Gasteiger charge is 2.03. The zero-order valence-electron chi connectivity index (χ0n) is 11.4. The minimum atomic E-state index is -0.0738. The summed E-state index contributed by atoms with van der Waals surface area (Å²) < 4.78 is 5.76. The van der Waals surface area contributed by atoms with Crippen LogP contribution in [0.3, 0.4) is 0 Å². The van der Waals surface area contributed by atoms with E-state index in [2.05, 4.69) is 5.32 Å². The average molecular weight is 255 g/mol. The maximum atomic E-state index is 11.0. The lowest BCUT2D eigenvalue weighted by Gasteiger charge is -2.10. The zero-order chi connectivity index (χ0) is 13.8. The van der Waals surface area contributed by atoms with Crippen molar-refractivity contribution in [3.05, 3.63) is 53.6 Å². The number of rotatable bonds is 3. The molecule has 0 fully saturated rings. The first-order valence-electron chi connectivity index (χ1n) is 6.17. The van der Waals surface area contributed by atoms with Crippen LogP contribution < -0.4 is 10.1 Å². The number of carbonyl (C=O) groups excluding carboxylic acids is 1. The molecule has 1 amide bonds. The largest absolute Gasteiger partial charge is 0.457 e. The van der Waals surface area contributed by atoms with Crippen LogP contribution in [0.15, 0.2) is 42.5 Å². The fraction of sp³-hybridized carbons (Fsp3) is 0.188. The number of aryl methyl sites for hydroxylation is 2. The Kier molecular flexibility index (Phi) is 3.85. The molecule has 0 heterocycles. The topological polar surface area (TPSA) is 38.3 Å². The van der Waals surface area contributed by atoms with Gasteiger partial charge in [0.1, 0.15) is 11.5 Å². The molecule has 0 aliphatic rings. The Bertz CT molecular complexity index is 588. The van der Waals surface area contributed by atoms with Gasteiger partial charge in [-0.2, -0.15) is 0 Å². The van der Waals surface area contributed by atoms with Gasteiger partial charge in [-0.05, 0) is 49.7 Å². The highest BCUT2D eigenvalue weighted by Crippen LogP contribution is 2.26. The quantitative estimate of drug-likeness (QED) is 0.898. The van der Waals surface area contributed by atoms with Crippen LogP contribution in [0.1, 0.15) is 18.1 Å². The fourth-order valence-corrected chi connectivity index (χ4v) is 1.77. The minimum Gasteiger partial charge on any atom is -0.457 e. The number of amides is 1. The molecule has 0 unspecified atom stereocenters. The molecule has 2 rings (SSSR count). The summed E-state index contributed by atoms with van der Waals surface area (Å²) in [6.07, 6.45) is 0. The predicted octanol–water partition coefficient (Wildman–Crippen LogP) is 4.05. The Labute approximate surface area is 113 Å². The normalized spacial score (nSPS) is 10.1. The van der Waals surface area contributed by atoms with Crippen LogP contribution in [-0.4, -0.2) is 5.91 Å². The summed E-state index contributed by atoms with van der Waals surface area (Å²) in [5, 5.41) is 2.78. The summed E-state index contributed by atoms with van der Waals surface area (Å²) in [6, 6.07) is 13.5. The maximum absolute atomic E-state index is 11.0. The summed E-state index contributed by atoms with van der Waals surface area (Å²) >= 11 is 0. The van der Waals surface area contributed by atoms with Crippen LogP contribution in [0, 0.1) is 13.8 Å². The van der Waals surface area contributed by atoms with E-state index >= 15 is 0 Å². The van der Waals surface area contributed by atoms with E-state index < -0.39 is 0 Å². The summed E-state index contributed by atoms with van der Waals surface area (Å²) in [5.74, 6) is 1.49. The highest BCUT2D eigenvalue weighted by atomic mass is 16.5. The van der Waals surface area contributed by atoms with E-state index in [-0.39, 0.29) is 5.91 Å². The number of ether oxygens (including phenoxy) is 1. The molecule has 98 valence electrons. The molecule has 2 aromatic carbocycles. The van der Waals surface area contributed by atoms with Gasteiger partial charge in [0, 0.05) is 12.6 Å². The molecular weight excluding hydrogens is 238 g/mol. The first-order chi connectivity index (χ1) is 9.04. The van der Waals surface area contributed by atoms with E-state index in [9.17, 15) is 4.79 Å². The molecule has 0 saturated carbocycles. The van der Waals surface area contributed by atoms with Crippen LogP contribution in [0.25, 0.3) is 0 Å². The lowest BCUT2D eigenvalue weighted by Crippen LogP contribution is -2.06. The van der Waals surface area contributed by atoms with Gasteiger partial charge in [-0.15, -0.1) is 0 Å². The van der Waals surface area contributed by atoms with E-state index in [1.54, 1.807) is 0 Å². The molecule has 0 saturated heterocycles. The summed E-state index contributed by atoms with van der Waals surface area (Å²) in [6.45, 7) is 5.47. The Morgan fingerprint density at radius 3 is 2.21 bits per heavy atom. The molecular formula is C16H17NO2. The number of benzene rings is 2. The Morgan fingerprint density at radius 1 is 1.00 bits per heavy atom. The van der Waals surface area contributed by atoms with Crippen molar-refractivity contribution in [1.29, 1.82) is 0 Å². The van der Waals surface area contributed by atoms with Crippen molar-refractivity contribution in [1.82, 2.24) is 0 Å². The predicted molar refractivity (Wildman–Crippen MR) is 76.7 cm³/mol. The second-order valence-corrected chi connectivity index (χ2v) is 4.57. The van der Waals surface area contributed by atoms with Gasteiger partial charge in [0.05, 0.1) is 0 Å². The number of hydrogen-bond donors (Lipinski definition) is 1. The van der Waals surface area contributed by atoms with Crippen LogP contribution in [0.4, 0.5) is 5.69 Å². The molecule has 3 heteroatoms. The van der Waals surface area contributed by atoms with Gasteiger partial charge >= 0.3 is 0 Å². The average Bonchev–Trinajstić information content (AvgIpc) is 2.35. The van der Waals surface area contributed by atoms with E-state index in [0.29, 0.717) is 0 Å². The number of carbonyl (C=O) groups is 1. The van der Waals surface area contributed by atoms with Crippen molar-refractivity contribution >= 4 is 11.6 Å². The first kappa shape index (κ1) is 13.1. The number of nitrogens with one attached hydrogen (secondary N) is 1. The number of hydrogen-bond acceptors (Lipinski definition) is 2. The van der Waals surface area contributed by atoms with Gasteiger partial charge in [0.2, 0.25) is 5.91 Å². The molecule has 19 heavy (non-hydrogen) atoms. The molecule has 0 aromatic heterocycles. The molecule has 3 nitrogen and oxygen atoms in total. The van der Waals surface area contributed by atoms with E-state index in [1.807, 2.05) is 56.3 Å². The molecule has 0 bridgehead atoms. The third kappa shape index (κ3) is 3.58. The van der Waals surface area contributed by atoms with Crippen LogP contribution in [0.5, 0.6) is 11.5 Å². The zero-order valence-corrected chi connectivity index (χ0v) is 11.4. The molecule has 1 N–H and O–H groups in total. The smallest absolute Gasteiger partial charge is 0.221 e. The van der Waals surface area contributed by atoms with Gasteiger partial charge in [0.25, 0.3) is 0 Å². The third-order valence-electron chi connectivity index (χ3n) is 2.77. The monoisotopic (exact) mass is 255 g/mol. The molecule has 0 radical (unpaired) electrons. The van der Waals surface area contributed by atoms with Crippen LogP contribution in [0.2, 0.25) is 0 Å². The second kappa shape index (κ2) is 5.57. The van der Waals surface area contributed by atoms with Gasteiger partial charge < -0.3 is 10.1 Å². The van der Waals surface area contributed by atoms with Crippen molar-refractivity contribution in [2.24, 2.45) is 0 Å². The lowest BCUT2D eigenvalue weighted by molar-refractivity contribution is -0.114. The first-order valence-corrected chi connectivity index (χ1v) is 6.17. The SMILES string of the molecule is CC(=O)Nc1ccc(Oc2ccc(C)cc2)cc1C. The van der Waals surface area contributed by atoms with Crippen molar-refractivity contribution < 1.29 is 9.53 Å². The van der Waals surface area contributed by atoms with Crippen LogP contribution >= 0.6 is 0 Å². The van der Waals surface area contributed by atoms with E-state index in [4.69, 9.17) is 4.74 Å². The van der Waals surface area contributed by atoms with Gasteiger partial charge in [0.15, 0.2) is 0 Å². The standard InChI is InChI=1S/C16H17NO2/c1-11-4-6-14(7-5-11)19-15-8-9-16(12(2)10-15)17-13(3)18/h4-10H,1-3H3,(H,17,18). The third-order valence-corrected chi connectivity index (χ3v) is 2.77. The molecule has 0 aliphatic heterocycles. The molecule has 0 atom stereocenters. The number of anilines is 1. The van der Waals surface area contributed by atoms with E-state index in [0.717, 1.165) is 22.7 Å². The van der Waals surface area contributed by atoms with Gasteiger partial charge in [-0.25, -0.2) is 0 Å². The van der Waals surface area contributed by atoms with Gasteiger partial charge in [-0.1, -0.05) is 17.7 Å². The van der Waals surface area contributed by atoms with Crippen molar-refractivity contribution in [3.63, 3.8) is 0 Å². The van der Waals surface area contributed by atoms with Crippen molar-refractivity contribution in [2.75, 3.05) is 5.32 Å². The summed E-state index contributed by atoms with van der Waals surface area (Å²) in [5.41, 5.74) is 2.98. The van der Waals surface area contributed by atoms with E-state index in [1.165, 1.54) is 12.5 Å². The lowest BCUT2D eigenvalue weighted by atomic mass is 10.2. The Morgan fingerprint density at radius 2 is 1.63 bits per heavy atom. The minimum absolute atomic E-state index is 0.0738. The second-order valence-electron chi connectivity index (χ2n) is 4.57. The summed E-state index contributed by atoms with van der Waals surface area (Å²) in [7, 11) is 0. The Balaban J connectivity index is 2.15. The van der Waals surface area contributed by atoms with Crippen molar-refractivity contribution in [2.45, 2.75) is 20.8 Å². The molecule has 2 aromatic rings. The molecule has 0 spiro atoms. The van der Waals surface area contributed by atoms with Crippen molar-refractivity contribution in [3.8, 4) is 11.5 Å². The van der Waals surface area contributed by atoms with Gasteiger partial charge in [-0.3, -0.25) is 4.79 Å². The molecule has 0 aliphatic carbocycles.